The van der Waals surface area contributed by atoms with Crippen molar-refractivity contribution in [1.29, 1.82) is 0 Å². The molecule has 3 nitrogen and oxygen atoms in total. The lowest BCUT2D eigenvalue weighted by atomic mass is 10.0. The van der Waals surface area contributed by atoms with Gasteiger partial charge < -0.3 is 9.64 Å². The zero-order valence-electron chi connectivity index (χ0n) is 14.4. The lowest BCUT2D eigenvalue weighted by molar-refractivity contribution is -0.120. The SMILES string of the molecule is COc1ccc(Cl)cc1N(C)C(=O)C1C(c2ccccc2)C1(C)C. The standard InChI is InChI=1S/C20H22ClNO2/c1-20(2)17(13-8-6-5-7-9-13)18(20)19(23)22(3)15-12-14(21)10-11-16(15)24-4/h5-12,17-18H,1-4H3. The van der Waals surface area contributed by atoms with Crippen molar-refractivity contribution in [2.75, 3.05) is 19.1 Å². The van der Waals surface area contributed by atoms with Gasteiger partial charge in [0.25, 0.3) is 0 Å². The molecule has 1 aliphatic carbocycles. The third kappa shape index (κ3) is 2.78. The van der Waals surface area contributed by atoms with E-state index in [1.54, 1.807) is 37.3 Å². The van der Waals surface area contributed by atoms with Crippen molar-refractivity contribution < 1.29 is 9.53 Å². The molecule has 2 atom stereocenters. The lowest BCUT2D eigenvalue weighted by Crippen LogP contribution is -2.29. The first-order valence-electron chi connectivity index (χ1n) is 8.04. The smallest absolute Gasteiger partial charge is 0.231 e. The molecule has 3 rings (SSSR count). The van der Waals surface area contributed by atoms with Crippen LogP contribution in [0.5, 0.6) is 5.75 Å². The van der Waals surface area contributed by atoms with Crippen LogP contribution >= 0.6 is 11.6 Å². The Labute approximate surface area is 148 Å². The van der Waals surface area contributed by atoms with E-state index in [9.17, 15) is 4.79 Å². The quantitative estimate of drug-likeness (QED) is 0.801. The van der Waals surface area contributed by atoms with Crippen LogP contribution in [0.1, 0.15) is 25.3 Å². The highest BCUT2D eigenvalue weighted by atomic mass is 35.5. The van der Waals surface area contributed by atoms with Gasteiger partial charge >= 0.3 is 0 Å². The predicted octanol–water partition coefficient (Wildman–Crippen LogP) is 4.75. The summed E-state index contributed by atoms with van der Waals surface area (Å²) >= 11 is 6.10. The van der Waals surface area contributed by atoms with E-state index in [0.717, 1.165) is 0 Å². The summed E-state index contributed by atoms with van der Waals surface area (Å²) in [5, 5.41) is 0.583. The van der Waals surface area contributed by atoms with Crippen LogP contribution in [0.25, 0.3) is 0 Å². The van der Waals surface area contributed by atoms with Gasteiger partial charge in [-0.15, -0.1) is 0 Å². The van der Waals surface area contributed by atoms with Crippen LogP contribution in [0, 0.1) is 11.3 Å². The molecule has 0 radical (unpaired) electrons. The Morgan fingerprint density at radius 1 is 1.17 bits per heavy atom. The number of rotatable bonds is 4. The number of halogens is 1. The molecule has 1 aliphatic rings. The van der Waals surface area contributed by atoms with Crippen molar-refractivity contribution in [2.45, 2.75) is 19.8 Å². The molecule has 1 fully saturated rings. The molecule has 0 spiro atoms. The number of amides is 1. The maximum atomic E-state index is 13.1. The van der Waals surface area contributed by atoms with Crippen LogP contribution in [-0.4, -0.2) is 20.1 Å². The number of anilines is 1. The van der Waals surface area contributed by atoms with Crippen LogP contribution < -0.4 is 9.64 Å². The van der Waals surface area contributed by atoms with Crippen LogP contribution in [0.2, 0.25) is 5.02 Å². The van der Waals surface area contributed by atoms with Crippen molar-refractivity contribution in [3.63, 3.8) is 0 Å². The minimum absolute atomic E-state index is 0.0476. The van der Waals surface area contributed by atoms with E-state index < -0.39 is 0 Å². The summed E-state index contributed by atoms with van der Waals surface area (Å²) in [4.78, 5) is 14.8. The maximum Gasteiger partial charge on any atom is 0.231 e. The molecule has 0 heterocycles. The molecule has 0 bridgehead atoms. The van der Waals surface area contributed by atoms with E-state index in [1.165, 1.54) is 5.56 Å². The lowest BCUT2D eigenvalue weighted by Gasteiger charge is -2.21. The van der Waals surface area contributed by atoms with E-state index in [4.69, 9.17) is 16.3 Å². The molecule has 126 valence electrons. The fourth-order valence-corrected chi connectivity index (χ4v) is 3.80. The largest absolute Gasteiger partial charge is 0.495 e. The number of hydrogen-bond donors (Lipinski definition) is 0. The normalized spacial score (nSPS) is 21.2. The predicted molar refractivity (Wildman–Crippen MR) is 97.9 cm³/mol. The first kappa shape index (κ1) is 16.8. The third-order valence-electron chi connectivity index (χ3n) is 5.08. The Balaban J connectivity index is 1.88. The molecule has 1 amide bonds. The van der Waals surface area contributed by atoms with Gasteiger partial charge in [-0.3, -0.25) is 4.79 Å². The molecule has 4 heteroatoms. The number of methoxy groups -OCH3 is 1. The van der Waals surface area contributed by atoms with E-state index in [0.29, 0.717) is 16.5 Å². The molecule has 2 unspecified atom stereocenters. The highest BCUT2D eigenvalue weighted by Crippen LogP contribution is 2.65. The molecule has 24 heavy (non-hydrogen) atoms. The molecule has 0 saturated heterocycles. The Morgan fingerprint density at radius 2 is 1.83 bits per heavy atom. The monoisotopic (exact) mass is 343 g/mol. The average molecular weight is 344 g/mol. The fraction of sp³-hybridized carbons (Fsp3) is 0.350. The minimum atomic E-state index is -0.0570. The van der Waals surface area contributed by atoms with Gasteiger partial charge in [-0.1, -0.05) is 55.8 Å². The van der Waals surface area contributed by atoms with Gasteiger partial charge in [0.2, 0.25) is 5.91 Å². The third-order valence-corrected chi connectivity index (χ3v) is 5.32. The average Bonchev–Trinajstić information content (AvgIpc) is 3.16. The molecular weight excluding hydrogens is 322 g/mol. The van der Waals surface area contributed by atoms with Crippen LogP contribution in [0.15, 0.2) is 48.5 Å². The summed E-state index contributed by atoms with van der Waals surface area (Å²) < 4.78 is 5.38. The van der Waals surface area contributed by atoms with Gasteiger partial charge in [0.1, 0.15) is 5.75 Å². The van der Waals surface area contributed by atoms with Crippen LogP contribution in [0.4, 0.5) is 5.69 Å². The van der Waals surface area contributed by atoms with E-state index >= 15 is 0 Å². The molecule has 0 aliphatic heterocycles. The number of hydrogen-bond acceptors (Lipinski definition) is 2. The first-order chi connectivity index (χ1) is 11.4. The zero-order valence-corrected chi connectivity index (χ0v) is 15.2. The molecular formula is C20H22ClNO2. The van der Waals surface area contributed by atoms with E-state index in [-0.39, 0.29) is 23.2 Å². The topological polar surface area (TPSA) is 29.5 Å². The van der Waals surface area contributed by atoms with Gasteiger partial charge in [-0.05, 0) is 29.2 Å². The minimum Gasteiger partial charge on any atom is -0.495 e. The second-order valence-corrected chi connectivity index (χ2v) is 7.34. The summed E-state index contributed by atoms with van der Waals surface area (Å²) in [5.41, 5.74) is 1.86. The highest BCUT2D eigenvalue weighted by molar-refractivity contribution is 6.31. The molecule has 0 aromatic heterocycles. The van der Waals surface area contributed by atoms with Gasteiger partial charge in [-0.2, -0.15) is 0 Å². The molecule has 0 N–H and O–H groups in total. The Bertz CT molecular complexity index is 757. The van der Waals surface area contributed by atoms with Crippen molar-refractivity contribution >= 4 is 23.2 Å². The zero-order chi connectivity index (χ0) is 17.5. The van der Waals surface area contributed by atoms with Crippen LogP contribution in [-0.2, 0) is 4.79 Å². The fourth-order valence-electron chi connectivity index (χ4n) is 3.63. The number of nitrogens with zero attached hydrogens (tertiary/aromatic N) is 1. The van der Waals surface area contributed by atoms with Crippen molar-refractivity contribution in [3.8, 4) is 5.75 Å². The second kappa shape index (κ2) is 6.14. The first-order valence-corrected chi connectivity index (χ1v) is 8.41. The van der Waals surface area contributed by atoms with Crippen molar-refractivity contribution in [3.05, 3.63) is 59.1 Å². The Hall–Kier alpha value is -2.00. The summed E-state index contributed by atoms with van der Waals surface area (Å²) in [5.74, 6) is 0.923. The van der Waals surface area contributed by atoms with Gasteiger partial charge in [0.15, 0.2) is 0 Å². The maximum absolute atomic E-state index is 13.1. The number of benzene rings is 2. The van der Waals surface area contributed by atoms with Crippen LogP contribution in [0.3, 0.4) is 0 Å². The Kier molecular flexibility index (Phi) is 4.31. The second-order valence-electron chi connectivity index (χ2n) is 6.90. The highest BCUT2D eigenvalue weighted by Gasteiger charge is 2.62. The van der Waals surface area contributed by atoms with Gasteiger partial charge in [0.05, 0.1) is 18.7 Å². The van der Waals surface area contributed by atoms with Gasteiger partial charge in [-0.25, -0.2) is 0 Å². The number of carbonyl (C=O) groups is 1. The molecule has 2 aromatic rings. The molecule has 1 saturated carbocycles. The Morgan fingerprint density at radius 3 is 2.46 bits per heavy atom. The molecule has 2 aromatic carbocycles. The van der Waals surface area contributed by atoms with Crippen molar-refractivity contribution in [1.82, 2.24) is 0 Å². The van der Waals surface area contributed by atoms with Gasteiger partial charge in [0, 0.05) is 18.0 Å². The summed E-state index contributed by atoms with van der Waals surface area (Å²) in [6.45, 7) is 4.30. The number of ether oxygens (including phenoxy) is 1. The summed E-state index contributed by atoms with van der Waals surface area (Å²) in [6.07, 6.45) is 0. The van der Waals surface area contributed by atoms with E-state index in [2.05, 4.69) is 26.0 Å². The van der Waals surface area contributed by atoms with E-state index in [1.807, 2.05) is 18.2 Å². The van der Waals surface area contributed by atoms with Crippen molar-refractivity contribution in [2.24, 2.45) is 11.3 Å². The summed E-state index contributed by atoms with van der Waals surface area (Å²) in [7, 11) is 3.38. The number of carbonyl (C=O) groups excluding carboxylic acids is 1. The summed E-state index contributed by atoms with van der Waals surface area (Å²) in [6, 6.07) is 15.6.